The summed E-state index contributed by atoms with van der Waals surface area (Å²) in [4.78, 5) is 10.1. The second-order valence-corrected chi connectivity index (χ2v) is 1.80. The maximum atomic E-state index is 10.1. The van der Waals surface area contributed by atoms with Gasteiger partial charge in [0, 0.05) is 0 Å². The van der Waals surface area contributed by atoms with E-state index in [1.165, 1.54) is 0 Å². The molecule has 0 rings (SSSR count). The molecule has 1 N–H and O–H groups in total. The first-order valence-corrected chi connectivity index (χ1v) is 3.48. The number of carbonyl (C=O) groups excluding carboxylic acids is 1. The van der Waals surface area contributed by atoms with Crippen LogP contribution in [0.15, 0.2) is 0 Å². The average molecular weight is 327 g/mol. The number of aliphatic hydroxyl groups excluding tert-OH is 1. The van der Waals surface area contributed by atoms with E-state index in [1.54, 1.807) is 0 Å². The molecule has 0 fully saturated rings. The fraction of sp³-hybridized carbons (Fsp3) is 0.667. The van der Waals surface area contributed by atoms with Gasteiger partial charge in [-0.1, -0.05) is 0 Å². The Morgan fingerprint density at radius 2 is 2.43 bits per heavy atom. The van der Waals surface area contributed by atoms with Crippen molar-refractivity contribution in [2.75, 3.05) is 6.61 Å². The quantitative estimate of drug-likeness (QED) is 0.735. The maximum absolute atomic E-state index is 10.1. The van der Waals surface area contributed by atoms with Crippen molar-refractivity contribution in [1.82, 2.24) is 0 Å². The van der Waals surface area contributed by atoms with E-state index in [2.05, 4.69) is 2.24 Å². The van der Waals surface area contributed by atoms with Crippen molar-refractivity contribution in [3.05, 3.63) is 0 Å². The van der Waals surface area contributed by atoms with E-state index < -0.39 is 0 Å². The molecule has 0 aliphatic carbocycles. The Morgan fingerprint density at radius 1 is 1.86 bits per heavy atom. The summed E-state index contributed by atoms with van der Waals surface area (Å²) in [5, 5.41) is 8.09. The molecule has 0 spiro atoms. The van der Waals surface area contributed by atoms with Gasteiger partial charge in [-0.15, -0.1) is 0 Å². The third kappa shape index (κ3) is 4.33. The molecule has 0 heterocycles. The van der Waals surface area contributed by atoms with E-state index in [9.17, 15) is 4.79 Å². The van der Waals surface area contributed by atoms with Crippen LogP contribution in [0, 0.1) is 29.9 Å². The van der Waals surface area contributed by atoms with Crippen molar-refractivity contribution in [3.63, 3.8) is 0 Å². The van der Waals surface area contributed by atoms with Gasteiger partial charge in [0.05, 0.1) is 0 Å². The van der Waals surface area contributed by atoms with Gasteiger partial charge < -0.3 is 0 Å². The van der Waals surface area contributed by atoms with Crippen LogP contribution in [0.25, 0.3) is 0 Å². The summed E-state index contributed by atoms with van der Waals surface area (Å²) in [7, 11) is 0. The first kappa shape index (κ1) is 7.48. The van der Waals surface area contributed by atoms with E-state index in [1.807, 2.05) is 0 Å². The van der Waals surface area contributed by atoms with Gasteiger partial charge in [0.15, 0.2) is 0 Å². The molecule has 0 aliphatic heterocycles. The van der Waals surface area contributed by atoms with Crippen LogP contribution in [0.5, 0.6) is 0 Å². The molecule has 3 nitrogen and oxygen atoms in total. The van der Waals surface area contributed by atoms with E-state index in [0.29, 0.717) is 0 Å². The number of hydrogen-bond acceptors (Lipinski definition) is 3. The normalized spacial score (nSPS) is 8.43. The Bertz CT molecular complexity index is 63.2. The summed E-state index contributed by atoms with van der Waals surface area (Å²) < 4.78 is 4.36. The summed E-state index contributed by atoms with van der Waals surface area (Å²) in [5.74, 6) is -0.298. The molecule has 0 unspecified atom stereocenters. The van der Waals surface area contributed by atoms with E-state index in [0.717, 1.165) is 0 Å². The molecule has 0 atom stereocenters. The minimum atomic E-state index is -0.298. The van der Waals surface area contributed by atoms with Crippen LogP contribution < -0.4 is 0 Å². The summed E-state index contributed by atoms with van der Waals surface area (Å²) in [5.41, 5.74) is 0. The topological polar surface area (TPSA) is 46.5 Å². The standard InChI is InChI=1S/C3H6O3.U/c4-2-1-3(5)6;/h4H,1-2H2,(H,5,6);/q;+1/p-1. The third-order valence-electron chi connectivity index (χ3n) is 0.430. The van der Waals surface area contributed by atoms with Gasteiger partial charge in [-0.2, -0.15) is 0 Å². The Balaban J connectivity index is 3.00. The SMILES string of the molecule is O=C(CCO)[O][U]. The molecule has 7 heavy (non-hydrogen) atoms. The Morgan fingerprint density at radius 3 is 2.57 bits per heavy atom. The molecule has 0 amide bonds. The monoisotopic (exact) mass is 327 g/mol. The number of rotatable bonds is 2. The summed E-state index contributed by atoms with van der Waals surface area (Å²) in [6.45, 7) is -0.105. The molecular formula is C3H5O3U. The van der Waals surface area contributed by atoms with Crippen LogP contribution in [-0.2, 0) is 7.04 Å². The van der Waals surface area contributed by atoms with Crippen LogP contribution in [0.1, 0.15) is 6.42 Å². The van der Waals surface area contributed by atoms with Gasteiger partial charge in [0.1, 0.15) is 0 Å². The van der Waals surface area contributed by atoms with Gasteiger partial charge in [-0.05, 0) is 0 Å². The summed E-state index contributed by atoms with van der Waals surface area (Å²) in [6.07, 6.45) is 0.136. The van der Waals surface area contributed by atoms with Crippen molar-refractivity contribution in [2.24, 2.45) is 0 Å². The van der Waals surface area contributed by atoms with E-state index >= 15 is 0 Å². The van der Waals surface area contributed by atoms with Gasteiger partial charge in [0.2, 0.25) is 0 Å². The van der Waals surface area contributed by atoms with Gasteiger partial charge >= 0.3 is 61.1 Å². The van der Waals surface area contributed by atoms with E-state index in [4.69, 9.17) is 5.11 Å². The predicted molar refractivity (Wildman–Crippen MR) is 17.8 cm³/mol. The van der Waals surface area contributed by atoms with E-state index in [-0.39, 0.29) is 48.9 Å². The minimum absolute atomic E-state index is 0.105. The zero-order valence-electron chi connectivity index (χ0n) is 3.68. The number of aliphatic hydroxyl groups is 1. The molecule has 0 aromatic carbocycles. The third-order valence-corrected chi connectivity index (χ3v) is 1.38. The molecule has 0 aliphatic rings. The first-order valence-electron chi connectivity index (χ1n) is 1.78. The Kier molecular flexibility index (Phi) is 4.96. The van der Waals surface area contributed by atoms with Gasteiger partial charge in [-0.3, -0.25) is 0 Å². The van der Waals surface area contributed by atoms with Crippen LogP contribution in [0.4, 0.5) is 0 Å². The van der Waals surface area contributed by atoms with Crippen LogP contribution in [0.2, 0.25) is 0 Å². The van der Waals surface area contributed by atoms with Crippen LogP contribution in [0.3, 0.4) is 0 Å². The first-order chi connectivity index (χ1) is 3.31. The van der Waals surface area contributed by atoms with Crippen molar-refractivity contribution in [3.8, 4) is 0 Å². The molecule has 4 heteroatoms. The van der Waals surface area contributed by atoms with Gasteiger partial charge in [-0.25, -0.2) is 0 Å². The number of hydrogen-bond donors (Lipinski definition) is 1. The molecule has 0 saturated heterocycles. The van der Waals surface area contributed by atoms with Gasteiger partial charge in [0.25, 0.3) is 0 Å². The Hall–Kier alpha value is 0.482. The Labute approximate surface area is 61.0 Å². The van der Waals surface area contributed by atoms with Crippen molar-refractivity contribution >= 4 is 5.97 Å². The molecule has 39 valence electrons. The van der Waals surface area contributed by atoms with Crippen molar-refractivity contribution in [2.45, 2.75) is 6.42 Å². The zero-order chi connectivity index (χ0) is 5.70. The molecular weight excluding hydrogens is 322 g/mol. The predicted octanol–water partition coefficient (Wildman–Crippen LogP) is -0.624. The molecule has 0 aromatic rings. The summed E-state index contributed by atoms with van der Waals surface area (Å²) >= 11 is 0.243. The second-order valence-electron chi connectivity index (χ2n) is 0.948. The second kappa shape index (κ2) is 4.64. The molecule has 0 bridgehead atoms. The van der Waals surface area contributed by atoms with Crippen molar-refractivity contribution < 1.29 is 42.1 Å². The van der Waals surface area contributed by atoms with Crippen LogP contribution >= 0.6 is 0 Å². The molecule has 0 saturated carbocycles. The van der Waals surface area contributed by atoms with Crippen molar-refractivity contribution in [1.29, 1.82) is 0 Å². The molecule has 0 radical (unpaired) electrons. The fourth-order valence-electron chi connectivity index (χ4n) is 0.142. The fourth-order valence-corrected chi connectivity index (χ4v) is 0.567. The van der Waals surface area contributed by atoms with Crippen LogP contribution in [-0.4, -0.2) is 17.7 Å². The number of carbonyl (C=O) groups is 1. The molecule has 0 aromatic heterocycles. The zero-order valence-corrected chi connectivity index (χ0v) is 7.84. The summed E-state index contributed by atoms with van der Waals surface area (Å²) in [6, 6.07) is 0. The average Bonchev–Trinajstić information content (AvgIpc) is 1.68.